The summed E-state index contributed by atoms with van der Waals surface area (Å²) in [6.07, 6.45) is 7.72. The SMILES string of the molecule is O=C(Cc1ccc(OCCC2CC2C2CCN(c3ncc(Cl)cn3)CC2)cc1F)NCCO. The zero-order valence-electron chi connectivity index (χ0n) is 18.6. The van der Waals surface area contributed by atoms with Crippen molar-refractivity contribution in [3.8, 4) is 5.75 Å². The monoisotopic (exact) mass is 476 g/mol. The zero-order valence-corrected chi connectivity index (χ0v) is 19.3. The number of carbonyl (C=O) groups is 1. The Bertz CT molecular complexity index is 938. The first kappa shape index (κ1) is 23.7. The van der Waals surface area contributed by atoms with Gasteiger partial charge in [-0.3, -0.25) is 4.79 Å². The second-order valence-corrected chi connectivity index (χ2v) is 9.26. The summed E-state index contributed by atoms with van der Waals surface area (Å²) in [6, 6.07) is 4.63. The summed E-state index contributed by atoms with van der Waals surface area (Å²) < 4.78 is 20.1. The van der Waals surface area contributed by atoms with E-state index >= 15 is 0 Å². The molecule has 1 saturated heterocycles. The molecule has 2 aliphatic rings. The van der Waals surface area contributed by atoms with Crippen LogP contribution in [0.15, 0.2) is 30.6 Å². The van der Waals surface area contributed by atoms with Gasteiger partial charge in [-0.25, -0.2) is 14.4 Å². The average Bonchev–Trinajstić information content (AvgIpc) is 3.59. The number of aliphatic hydroxyl groups excluding tert-OH is 1. The Balaban J connectivity index is 1.16. The molecule has 4 rings (SSSR count). The van der Waals surface area contributed by atoms with Crippen LogP contribution in [0.4, 0.5) is 10.3 Å². The van der Waals surface area contributed by atoms with Crippen molar-refractivity contribution < 1.29 is 19.0 Å². The maximum absolute atomic E-state index is 14.3. The third-order valence-corrected chi connectivity index (χ3v) is 6.77. The third kappa shape index (κ3) is 6.54. The van der Waals surface area contributed by atoms with Crippen molar-refractivity contribution in [2.24, 2.45) is 17.8 Å². The number of benzene rings is 1. The fourth-order valence-corrected chi connectivity index (χ4v) is 4.79. The Labute approximate surface area is 198 Å². The van der Waals surface area contributed by atoms with Gasteiger partial charge in [-0.2, -0.15) is 0 Å². The lowest BCUT2D eigenvalue weighted by atomic mass is 9.90. The Morgan fingerprint density at radius 1 is 1.27 bits per heavy atom. The molecule has 178 valence electrons. The van der Waals surface area contributed by atoms with Crippen LogP contribution in [0.1, 0.15) is 31.2 Å². The highest BCUT2D eigenvalue weighted by Gasteiger charge is 2.43. The molecule has 1 aliphatic carbocycles. The highest BCUT2D eigenvalue weighted by molar-refractivity contribution is 6.30. The second kappa shape index (κ2) is 11.1. The van der Waals surface area contributed by atoms with Gasteiger partial charge in [0.1, 0.15) is 11.6 Å². The Morgan fingerprint density at radius 2 is 2.03 bits per heavy atom. The van der Waals surface area contributed by atoms with Crippen molar-refractivity contribution >= 4 is 23.5 Å². The molecule has 33 heavy (non-hydrogen) atoms. The number of aromatic nitrogens is 2. The van der Waals surface area contributed by atoms with Gasteiger partial charge in [0.25, 0.3) is 0 Å². The molecule has 1 aromatic carbocycles. The van der Waals surface area contributed by atoms with Gasteiger partial charge in [0, 0.05) is 25.7 Å². The quantitative estimate of drug-likeness (QED) is 0.547. The molecule has 2 unspecified atom stereocenters. The van der Waals surface area contributed by atoms with Gasteiger partial charge >= 0.3 is 0 Å². The summed E-state index contributed by atoms with van der Waals surface area (Å²) in [5.74, 6) is 2.62. The predicted octanol–water partition coefficient (Wildman–Crippen LogP) is 3.24. The largest absolute Gasteiger partial charge is 0.493 e. The summed E-state index contributed by atoms with van der Waals surface area (Å²) >= 11 is 5.87. The second-order valence-electron chi connectivity index (χ2n) is 8.83. The molecule has 2 heterocycles. The molecule has 1 aromatic heterocycles. The zero-order chi connectivity index (χ0) is 23.2. The van der Waals surface area contributed by atoms with E-state index in [0.29, 0.717) is 28.9 Å². The van der Waals surface area contributed by atoms with E-state index in [-0.39, 0.29) is 25.5 Å². The van der Waals surface area contributed by atoms with Crippen LogP contribution in [-0.2, 0) is 11.2 Å². The molecule has 0 radical (unpaired) electrons. The average molecular weight is 477 g/mol. The number of rotatable bonds is 10. The van der Waals surface area contributed by atoms with Crippen LogP contribution >= 0.6 is 11.6 Å². The topological polar surface area (TPSA) is 87.6 Å². The summed E-state index contributed by atoms with van der Waals surface area (Å²) in [5.41, 5.74) is 0.315. The number of amides is 1. The van der Waals surface area contributed by atoms with Gasteiger partial charge in [-0.1, -0.05) is 17.7 Å². The molecule has 0 spiro atoms. The van der Waals surface area contributed by atoms with Crippen LogP contribution < -0.4 is 15.0 Å². The molecule has 7 nitrogen and oxygen atoms in total. The summed E-state index contributed by atoms with van der Waals surface area (Å²) in [4.78, 5) is 22.6. The van der Waals surface area contributed by atoms with E-state index in [4.69, 9.17) is 21.4 Å². The van der Waals surface area contributed by atoms with Crippen molar-refractivity contribution in [2.45, 2.75) is 32.1 Å². The van der Waals surface area contributed by atoms with Crippen LogP contribution in [0.5, 0.6) is 5.75 Å². The first-order valence-corrected chi connectivity index (χ1v) is 11.9. The number of nitrogens with one attached hydrogen (secondary N) is 1. The van der Waals surface area contributed by atoms with Crippen LogP contribution in [0.25, 0.3) is 0 Å². The van der Waals surface area contributed by atoms with Crippen molar-refractivity contribution in [3.63, 3.8) is 0 Å². The fourth-order valence-electron chi connectivity index (χ4n) is 4.70. The standard InChI is InChI=1S/C24H30ClFN4O3/c25-19-14-28-24(29-15-19)30-7-3-16(4-8-30)21-11-17(21)5-10-33-20-2-1-18(22(26)13-20)12-23(32)27-6-9-31/h1-2,13-17,21,31H,3-12H2,(H,27,32). The maximum Gasteiger partial charge on any atom is 0.225 e. The Morgan fingerprint density at radius 3 is 2.73 bits per heavy atom. The number of hydrogen-bond acceptors (Lipinski definition) is 6. The fraction of sp³-hybridized carbons (Fsp3) is 0.542. The minimum Gasteiger partial charge on any atom is -0.493 e. The molecular weight excluding hydrogens is 447 g/mol. The van der Waals surface area contributed by atoms with E-state index < -0.39 is 5.82 Å². The molecule has 0 bridgehead atoms. The van der Waals surface area contributed by atoms with Crippen molar-refractivity contribution in [2.75, 3.05) is 37.7 Å². The number of anilines is 1. The van der Waals surface area contributed by atoms with Gasteiger partial charge in [0.05, 0.1) is 37.1 Å². The number of aliphatic hydroxyl groups is 1. The lowest BCUT2D eigenvalue weighted by Gasteiger charge is -2.32. The van der Waals surface area contributed by atoms with Crippen LogP contribution in [0.2, 0.25) is 5.02 Å². The van der Waals surface area contributed by atoms with Crippen LogP contribution in [0, 0.1) is 23.6 Å². The van der Waals surface area contributed by atoms with E-state index in [2.05, 4.69) is 20.2 Å². The molecule has 1 saturated carbocycles. The molecule has 1 aliphatic heterocycles. The van der Waals surface area contributed by atoms with E-state index in [0.717, 1.165) is 50.1 Å². The lowest BCUT2D eigenvalue weighted by molar-refractivity contribution is -0.120. The van der Waals surface area contributed by atoms with Gasteiger partial charge in [0.15, 0.2) is 0 Å². The number of nitrogens with zero attached hydrogens (tertiary/aromatic N) is 3. The van der Waals surface area contributed by atoms with Gasteiger partial charge in [-0.15, -0.1) is 0 Å². The van der Waals surface area contributed by atoms with E-state index in [1.54, 1.807) is 24.5 Å². The van der Waals surface area contributed by atoms with Gasteiger partial charge in [-0.05, 0) is 55.1 Å². The predicted molar refractivity (Wildman–Crippen MR) is 124 cm³/mol. The van der Waals surface area contributed by atoms with E-state index in [1.165, 1.54) is 12.5 Å². The van der Waals surface area contributed by atoms with E-state index in [1.807, 2.05) is 0 Å². The van der Waals surface area contributed by atoms with E-state index in [9.17, 15) is 9.18 Å². The molecule has 1 amide bonds. The number of ether oxygens (including phenoxy) is 1. The number of piperidine rings is 1. The van der Waals surface area contributed by atoms with Crippen LogP contribution in [0.3, 0.4) is 0 Å². The third-order valence-electron chi connectivity index (χ3n) is 6.58. The molecule has 2 N–H and O–H groups in total. The maximum atomic E-state index is 14.3. The Kier molecular flexibility index (Phi) is 7.98. The summed E-state index contributed by atoms with van der Waals surface area (Å²) in [7, 11) is 0. The van der Waals surface area contributed by atoms with Gasteiger partial charge in [0.2, 0.25) is 11.9 Å². The van der Waals surface area contributed by atoms with Crippen molar-refractivity contribution in [1.82, 2.24) is 15.3 Å². The number of halogens is 2. The first-order valence-electron chi connectivity index (χ1n) is 11.5. The highest BCUT2D eigenvalue weighted by Crippen LogP contribution is 2.49. The molecule has 9 heteroatoms. The normalized spacial score (nSPS) is 20.5. The van der Waals surface area contributed by atoms with Crippen molar-refractivity contribution in [3.05, 3.63) is 47.0 Å². The molecule has 2 aromatic rings. The summed E-state index contributed by atoms with van der Waals surface area (Å²) in [5, 5.41) is 11.8. The highest BCUT2D eigenvalue weighted by atomic mass is 35.5. The first-order chi connectivity index (χ1) is 16.0. The number of carbonyl (C=O) groups excluding carboxylic acids is 1. The van der Waals surface area contributed by atoms with Gasteiger partial charge < -0.3 is 20.1 Å². The molecule has 2 fully saturated rings. The van der Waals surface area contributed by atoms with Crippen molar-refractivity contribution in [1.29, 1.82) is 0 Å². The smallest absolute Gasteiger partial charge is 0.225 e. The minimum absolute atomic E-state index is 0.0567. The molecular formula is C24H30ClFN4O3. The number of hydrogen-bond donors (Lipinski definition) is 2. The summed E-state index contributed by atoms with van der Waals surface area (Å²) in [6.45, 7) is 2.53. The minimum atomic E-state index is -0.452. The van der Waals surface area contributed by atoms with Crippen LogP contribution in [-0.4, -0.2) is 53.8 Å². The Hall–Kier alpha value is -2.45. The molecule has 2 atom stereocenters. The lowest BCUT2D eigenvalue weighted by Crippen LogP contribution is -2.35.